The predicted octanol–water partition coefficient (Wildman–Crippen LogP) is 4.17. The van der Waals surface area contributed by atoms with Crippen molar-refractivity contribution in [1.82, 2.24) is 19.9 Å². The summed E-state index contributed by atoms with van der Waals surface area (Å²) in [5, 5.41) is 0. The minimum absolute atomic E-state index is 0.00921. The SMILES string of the molecule is CC1(C)c2ccccc2-c2nc(-c3ncccn3)ncc2C1(C)C. The fraction of sp³-hybridized carbons (Fsp3) is 0.300. The zero-order valence-electron chi connectivity index (χ0n) is 14.4. The molecule has 120 valence electrons. The molecule has 4 nitrogen and oxygen atoms in total. The molecule has 0 fully saturated rings. The fourth-order valence-corrected chi connectivity index (χ4v) is 3.47. The van der Waals surface area contributed by atoms with Crippen molar-refractivity contribution in [3.63, 3.8) is 0 Å². The van der Waals surface area contributed by atoms with Gasteiger partial charge in [-0.05, 0) is 17.0 Å². The molecule has 3 aromatic rings. The van der Waals surface area contributed by atoms with Crippen LogP contribution in [0, 0.1) is 0 Å². The highest BCUT2D eigenvalue weighted by Crippen LogP contribution is 2.52. The number of hydrogen-bond acceptors (Lipinski definition) is 4. The molecular weight excluding hydrogens is 296 g/mol. The molecule has 4 heteroatoms. The van der Waals surface area contributed by atoms with Crippen LogP contribution in [0.1, 0.15) is 38.8 Å². The first kappa shape index (κ1) is 14.9. The lowest BCUT2D eigenvalue weighted by Gasteiger charge is -2.47. The molecule has 0 saturated carbocycles. The monoisotopic (exact) mass is 316 g/mol. The second kappa shape index (κ2) is 4.94. The second-order valence-corrected chi connectivity index (χ2v) is 7.32. The minimum Gasteiger partial charge on any atom is -0.234 e. The Bertz CT molecular complexity index is 914. The summed E-state index contributed by atoms with van der Waals surface area (Å²) in [6.45, 7) is 9.12. The van der Waals surface area contributed by atoms with E-state index in [1.54, 1.807) is 18.5 Å². The summed E-state index contributed by atoms with van der Waals surface area (Å²) in [4.78, 5) is 18.0. The van der Waals surface area contributed by atoms with E-state index in [-0.39, 0.29) is 10.8 Å². The van der Waals surface area contributed by atoms with E-state index in [1.807, 2.05) is 6.20 Å². The van der Waals surface area contributed by atoms with Crippen LogP contribution in [0.2, 0.25) is 0 Å². The molecule has 1 aliphatic carbocycles. The topological polar surface area (TPSA) is 51.6 Å². The van der Waals surface area contributed by atoms with Crippen LogP contribution in [0.25, 0.3) is 22.9 Å². The van der Waals surface area contributed by atoms with Crippen molar-refractivity contribution in [2.24, 2.45) is 0 Å². The van der Waals surface area contributed by atoms with Crippen molar-refractivity contribution in [2.75, 3.05) is 0 Å². The van der Waals surface area contributed by atoms with Crippen LogP contribution in [0.4, 0.5) is 0 Å². The highest BCUT2D eigenvalue weighted by molar-refractivity contribution is 5.75. The summed E-state index contributed by atoms with van der Waals surface area (Å²) >= 11 is 0. The number of aromatic nitrogens is 4. The normalized spacial score (nSPS) is 17.0. The van der Waals surface area contributed by atoms with Gasteiger partial charge in [0.25, 0.3) is 0 Å². The lowest BCUT2D eigenvalue weighted by atomic mass is 9.56. The number of benzene rings is 1. The molecule has 0 N–H and O–H groups in total. The van der Waals surface area contributed by atoms with Crippen molar-refractivity contribution in [3.05, 3.63) is 60.0 Å². The van der Waals surface area contributed by atoms with E-state index in [4.69, 9.17) is 4.98 Å². The number of hydrogen-bond donors (Lipinski definition) is 0. The van der Waals surface area contributed by atoms with Crippen LogP contribution < -0.4 is 0 Å². The van der Waals surface area contributed by atoms with Crippen molar-refractivity contribution in [1.29, 1.82) is 0 Å². The Morgan fingerprint density at radius 2 is 1.38 bits per heavy atom. The van der Waals surface area contributed by atoms with Crippen molar-refractivity contribution in [2.45, 2.75) is 38.5 Å². The van der Waals surface area contributed by atoms with E-state index < -0.39 is 0 Å². The van der Waals surface area contributed by atoms with Gasteiger partial charge in [-0.3, -0.25) is 0 Å². The standard InChI is InChI=1S/C20H20N4/c1-19(2)14-9-6-5-8-13(14)16-15(20(19,3)4)12-23-18(24-16)17-21-10-7-11-22-17/h5-12H,1-4H3. The Kier molecular flexibility index (Phi) is 3.07. The number of rotatable bonds is 1. The number of fused-ring (bicyclic) bond motifs is 3. The van der Waals surface area contributed by atoms with Gasteiger partial charge in [0.2, 0.25) is 0 Å². The molecule has 1 aliphatic rings. The molecule has 0 bridgehead atoms. The molecule has 0 radical (unpaired) electrons. The molecule has 2 heterocycles. The van der Waals surface area contributed by atoms with Crippen LogP contribution in [0.3, 0.4) is 0 Å². The van der Waals surface area contributed by atoms with E-state index in [2.05, 4.69) is 66.9 Å². The summed E-state index contributed by atoms with van der Waals surface area (Å²) < 4.78 is 0. The third kappa shape index (κ3) is 1.92. The average molecular weight is 316 g/mol. The Morgan fingerprint density at radius 1 is 0.708 bits per heavy atom. The fourth-order valence-electron chi connectivity index (χ4n) is 3.47. The first-order valence-corrected chi connectivity index (χ1v) is 8.18. The third-order valence-corrected chi connectivity index (χ3v) is 5.65. The van der Waals surface area contributed by atoms with Crippen LogP contribution >= 0.6 is 0 Å². The maximum absolute atomic E-state index is 4.85. The first-order chi connectivity index (χ1) is 11.4. The summed E-state index contributed by atoms with van der Waals surface area (Å²) in [6, 6.07) is 10.3. The Morgan fingerprint density at radius 3 is 2.12 bits per heavy atom. The van der Waals surface area contributed by atoms with Gasteiger partial charge in [-0.1, -0.05) is 52.0 Å². The van der Waals surface area contributed by atoms with Gasteiger partial charge in [0.1, 0.15) is 0 Å². The quantitative estimate of drug-likeness (QED) is 0.676. The predicted molar refractivity (Wildman–Crippen MR) is 94.5 cm³/mol. The molecule has 0 spiro atoms. The largest absolute Gasteiger partial charge is 0.234 e. The van der Waals surface area contributed by atoms with Crippen LogP contribution in [-0.2, 0) is 10.8 Å². The molecule has 2 aromatic heterocycles. The maximum atomic E-state index is 4.85. The van der Waals surface area contributed by atoms with Crippen LogP contribution in [0.15, 0.2) is 48.9 Å². The maximum Gasteiger partial charge on any atom is 0.198 e. The van der Waals surface area contributed by atoms with Gasteiger partial charge in [0.05, 0.1) is 5.69 Å². The smallest absolute Gasteiger partial charge is 0.198 e. The highest BCUT2D eigenvalue weighted by Gasteiger charge is 2.46. The van der Waals surface area contributed by atoms with Gasteiger partial charge in [0.15, 0.2) is 11.6 Å². The van der Waals surface area contributed by atoms with Crippen LogP contribution in [0.5, 0.6) is 0 Å². The highest BCUT2D eigenvalue weighted by atomic mass is 15.0. The second-order valence-electron chi connectivity index (χ2n) is 7.32. The van der Waals surface area contributed by atoms with Crippen molar-refractivity contribution >= 4 is 0 Å². The van der Waals surface area contributed by atoms with E-state index in [0.29, 0.717) is 11.6 Å². The van der Waals surface area contributed by atoms with Gasteiger partial charge in [0, 0.05) is 35.1 Å². The lowest BCUT2D eigenvalue weighted by molar-refractivity contribution is 0.297. The van der Waals surface area contributed by atoms with Crippen molar-refractivity contribution in [3.8, 4) is 22.9 Å². The molecule has 0 amide bonds. The molecule has 0 aliphatic heterocycles. The van der Waals surface area contributed by atoms with Gasteiger partial charge in [-0.2, -0.15) is 0 Å². The molecule has 0 saturated heterocycles. The molecule has 1 aromatic carbocycles. The van der Waals surface area contributed by atoms with Gasteiger partial charge in [-0.25, -0.2) is 19.9 Å². The molecule has 24 heavy (non-hydrogen) atoms. The summed E-state index contributed by atoms with van der Waals surface area (Å²) in [6.07, 6.45) is 5.38. The zero-order chi connectivity index (χ0) is 16.9. The first-order valence-electron chi connectivity index (χ1n) is 8.18. The minimum atomic E-state index is -0.0766. The third-order valence-electron chi connectivity index (χ3n) is 5.65. The Labute approximate surface area is 142 Å². The average Bonchev–Trinajstić information content (AvgIpc) is 2.61. The van der Waals surface area contributed by atoms with Gasteiger partial charge >= 0.3 is 0 Å². The van der Waals surface area contributed by atoms with E-state index in [0.717, 1.165) is 5.69 Å². The van der Waals surface area contributed by atoms with Gasteiger partial charge in [-0.15, -0.1) is 0 Å². The van der Waals surface area contributed by atoms with Crippen molar-refractivity contribution < 1.29 is 0 Å². The van der Waals surface area contributed by atoms with Gasteiger partial charge < -0.3 is 0 Å². The molecule has 0 unspecified atom stereocenters. The van der Waals surface area contributed by atoms with Crippen LogP contribution in [-0.4, -0.2) is 19.9 Å². The molecule has 4 rings (SSSR count). The molecular formula is C20H20N4. The molecule has 0 atom stereocenters. The summed E-state index contributed by atoms with van der Waals surface area (Å²) in [5.74, 6) is 1.13. The van der Waals surface area contributed by atoms with E-state index in [9.17, 15) is 0 Å². The van der Waals surface area contributed by atoms with E-state index >= 15 is 0 Å². The summed E-state index contributed by atoms with van der Waals surface area (Å²) in [7, 11) is 0. The van der Waals surface area contributed by atoms with E-state index in [1.165, 1.54) is 16.7 Å². The lowest BCUT2D eigenvalue weighted by Crippen LogP contribution is -2.43. The Hall–Kier alpha value is -2.62. The number of nitrogens with zero attached hydrogens (tertiary/aromatic N) is 4. The Balaban J connectivity index is 2.01. The zero-order valence-corrected chi connectivity index (χ0v) is 14.4. The summed E-state index contributed by atoms with van der Waals surface area (Å²) in [5.41, 5.74) is 4.58.